The van der Waals surface area contributed by atoms with E-state index in [-0.39, 0.29) is 5.56 Å². The summed E-state index contributed by atoms with van der Waals surface area (Å²) in [4.78, 5) is 24.6. The SMILES string of the molecule is O=C(O)C1CSCCN1C(=O)c1cccc(O)c1O. The minimum atomic E-state index is -1.07. The molecule has 3 N–H and O–H groups in total. The standard InChI is InChI=1S/C12H13NO5S/c14-9-3-1-2-7(10(9)15)11(16)13-4-5-19-6-8(13)12(17)18/h1-3,8,14-15H,4-6H2,(H,17,18). The summed E-state index contributed by atoms with van der Waals surface area (Å²) in [5.74, 6) is -1.60. The number of carbonyl (C=O) groups is 2. The van der Waals surface area contributed by atoms with Crippen LogP contribution in [0, 0.1) is 0 Å². The van der Waals surface area contributed by atoms with Crippen LogP contribution >= 0.6 is 11.8 Å². The highest BCUT2D eigenvalue weighted by molar-refractivity contribution is 7.99. The molecule has 0 radical (unpaired) electrons. The van der Waals surface area contributed by atoms with Crippen molar-refractivity contribution < 1.29 is 24.9 Å². The maximum absolute atomic E-state index is 12.3. The number of hydrogen-bond acceptors (Lipinski definition) is 5. The first-order valence-corrected chi connectivity index (χ1v) is 6.80. The molecule has 6 nitrogen and oxygen atoms in total. The quantitative estimate of drug-likeness (QED) is 0.693. The number of aromatic hydroxyl groups is 2. The van der Waals surface area contributed by atoms with E-state index in [1.165, 1.54) is 34.9 Å². The fraction of sp³-hybridized carbons (Fsp3) is 0.333. The van der Waals surface area contributed by atoms with Crippen molar-refractivity contribution in [1.82, 2.24) is 4.90 Å². The highest BCUT2D eigenvalue weighted by atomic mass is 32.2. The molecule has 0 saturated carbocycles. The van der Waals surface area contributed by atoms with Gasteiger partial charge in [0.2, 0.25) is 0 Å². The van der Waals surface area contributed by atoms with Gasteiger partial charge in [-0.2, -0.15) is 11.8 Å². The van der Waals surface area contributed by atoms with Crippen LogP contribution in [0.3, 0.4) is 0 Å². The molecule has 7 heteroatoms. The lowest BCUT2D eigenvalue weighted by Gasteiger charge is -2.32. The molecular formula is C12H13NO5S. The smallest absolute Gasteiger partial charge is 0.327 e. The molecule has 0 spiro atoms. The third-order valence-corrected chi connectivity index (χ3v) is 3.94. The summed E-state index contributed by atoms with van der Waals surface area (Å²) in [5.41, 5.74) is -0.0850. The number of amides is 1. The van der Waals surface area contributed by atoms with E-state index in [1.54, 1.807) is 0 Å². The Hall–Kier alpha value is -1.89. The van der Waals surface area contributed by atoms with Crippen LogP contribution in [0.1, 0.15) is 10.4 Å². The number of phenols is 2. The number of benzene rings is 1. The van der Waals surface area contributed by atoms with Crippen molar-refractivity contribution in [2.45, 2.75) is 6.04 Å². The maximum atomic E-state index is 12.3. The minimum absolute atomic E-state index is 0.0850. The highest BCUT2D eigenvalue weighted by Gasteiger charge is 2.34. The van der Waals surface area contributed by atoms with Crippen LogP contribution in [0.5, 0.6) is 11.5 Å². The fourth-order valence-electron chi connectivity index (χ4n) is 1.91. The van der Waals surface area contributed by atoms with Crippen LogP contribution < -0.4 is 0 Å². The highest BCUT2D eigenvalue weighted by Crippen LogP contribution is 2.30. The maximum Gasteiger partial charge on any atom is 0.327 e. The first-order valence-electron chi connectivity index (χ1n) is 5.65. The van der Waals surface area contributed by atoms with E-state index < -0.39 is 29.4 Å². The van der Waals surface area contributed by atoms with Crippen molar-refractivity contribution >= 4 is 23.6 Å². The van der Waals surface area contributed by atoms with Gasteiger partial charge in [0, 0.05) is 18.1 Å². The Bertz CT molecular complexity index is 519. The molecular weight excluding hydrogens is 270 g/mol. The normalized spacial score (nSPS) is 19.2. The zero-order valence-electron chi connectivity index (χ0n) is 9.94. The van der Waals surface area contributed by atoms with E-state index in [0.29, 0.717) is 18.1 Å². The molecule has 1 aliphatic heterocycles. The molecule has 1 aromatic rings. The third kappa shape index (κ3) is 2.60. The van der Waals surface area contributed by atoms with Crippen molar-refractivity contribution in [3.05, 3.63) is 23.8 Å². The van der Waals surface area contributed by atoms with E-state index in [9.17, 15) is 19.8 Å². The molecule has 1 saturated heterocycles. The van der Waals surface area contributed by atoms with Gasteiger partial charge in [-0.3, -0.25) is 4.79 Å². The number of aliphatic carboxylic acids is 1. The van der Waals surface area contributed by atoms with Gasteiger partial charge < -0.3 is 20.2 Å². The van der Waals surface area contributed by atoms with E-state index in [0.717, 1.165) is 0 Å². The minimum Gasteiger partial charge on any atom is -0.504 e. The van der Waals surface area contributed by atoms with Gasteiger partial charge in [-0.1, -0.05) is 6.07 Å². The van der Waals surface area contributed by atoms with Crippen LogP contribution in [0.25, 0.3) is 0 Å². The average molecular weight is 283 g/mol. The Morgan fingerprint density at radius 1 is 1.32 bits per heavy atom. The largest absolute Gasteiger partial charge is 0.504 e. The number of phenolic OH excluding ortho intramolecular Hbond substituents is 2. The molecule has 0 aliphatic carbocycles. The number of rotatable bonds is 2. The number of carboxylic acids is 1. The summed E-state index contributed by atoms with van der Waals surface area (Å²) in [6, 6.07) is 3.13. The molecule has 1 aliphatic rings. The van der Waals surface area contributed by atoms with Gasteiger partial charge in [0.1, 0.15) is 6.04 Å². The fourth-order valence-corrected chi connectivity index (χ4v) is 2.95. The van der Waals surface area contributed by atoms with Gasteiger partial charge in [0.05, 0.1) is 5.56 Å². The van der Waals surface area contributed by atoms with E-state index in [1.807, 2.05) is 0 Å². The number of hydrogen-bond donors (Lipinski definition) is 3. The Balaban J connectivity index is 2.31. The second kappa shape index (κ2) is 5.40. The number of carboxylic acid groups (broad SMARTS) is 1. The van der Waals surface area contributed by atoms with Crippen molar-refractivity contribution in [2.24, 2.45) is 0 Å². The molecule has 1 heterocycles. The molecule has 1 aromatic carbocycles. The van der Waals surface area contributed by atoms with Crippen LogP contribution in [-0.4, -0.2) is 56.2 Å². The van der Waals surface area contributed by atoms with Crippen molar-refractivity contribution in [3.63, 3.8) is 0 Å². The molecule has 0 bridgehead atoms. The predicted octanol–water partition coefficient (Wildman–Crippen LogP) is 0.740. The van der Waals surface area contributed by atoms with Gasteiger partial charge in [-0.05, 0) is 12.1 Å². The van der Waals surface area contributed by atoms with Crippen LogP contribution in [0.2, 0.25) is 0 Å². The predicted molar refractivity (Wildman–Crippen MR) is 69.6 cm³/mol. The summed E-state index contributed by atoms with van der Waals surface area (Å²) in [6.07, 6.45) is 0. The summed E-state index contributed by atoms with van der Waals surface area (Å²) in [7, 11) is 0. The van der Waals surface area contributed by atoms with Crippen molar-refractivity contribution in [1.29, 1.82) is 0 Å². The lowest BCUT2D eigenvalue weighted by atomic mass is 10.1. The van der Waals surface area contributed by atoms with Gasteiger partial charge in [0.15, 0.2) is 11.5 Å². The number of carbonyl (C=O) groups excluding carboxylic acids is 1. The van der Waals surface area contributed by atoms with E-state index in [4.69, 9.17) is 5.11 Å². The number of para-hydroxylation sites is 1. The molecule has 1 atom stereocenters. The molecule has 1 fully saturated rings. The van der Waals surface area contributed by atoms with Gasteiger partial charge in [-0.15, -0.1) is 0 Å². The van der Waals surface area contributed by atoms with Crippen LogP contribution in [0.4, 0.5) is 0 Å². The van der Waals surface area contributed by atoms with Crippen molar-refractivity contribution in [2.75, 3.05) is 18.1 Å². The Labute approximate surface area is 113 Å². The zero-order valence-corrected chi connectivity index (χ0v) is 10.8. The second-order valence-corrected chi connectivity index (χ2v) is 5.25. The molecule has 1 unspecified atom stereocenters. The first kappa shape index (κ1) is 13.5. The molecule has 1 amide bonds. The molecule has 0 aromatic heterocycles. The Morgan fingerprint density at radius 2 is 2.05 bits per heavy atom. The topological polar surface area (TPSA) is 98.1 Å². The van der Waals surface area contributed by atoms with Gasteiger partial charge in [-0.25, -0.2) is 4.79 Å². The van der Waals surface area contributed by atoms with E-state index in [2.05, 4.69) is 0 Å². The zero-order chi connectivity index (χ0) is 14.0. The van der Waals surface area contributed by atoms with Crippen LogP contribution in [0.15, 0.2) is 18.2 Å². The average Bonchev–Trinajstić information content (AvgIpc) is 2.41. The van der Waals surface area contributed by atoms with Gasteiger partial charge >= 0.3 is 5.97 Å². The van der Waals surface area contributed by atoms with Gasteiger partial charge in [0.25, 0.3) is 5.91 Å². The first-order chi connectivity index (χ1) is 9.02. The molecule has 19 heavy (non-hydrogen) atoms. The van der Waals surface area contributed by atoms with Crippen LogP contribution in [-0.2, 0) is 4.79 Å². The summed E-state index contributed by atoms with van der Waals surface area (Å²) < 4.78 is 0. The lowest BCUT2D eigenvalue weighted by molar-refractivity contribution is -0.141. The summed E-state index contributed by atoms with van der Waals surface area (Å²) >= 11 is 1.47. The Kier molecular flexibility index (Phi) is 3.84. The summed E-state index contributed by atoms with van der Waals surface area (Å²) in [5, 5.41) is 28.2. The lowest BCUT2D eigenvalue weighted by Crippen LogP contribution is -2.50. The molecule has 2 rings (SSSR count). The van der Waals surface area contributed by atoms with E-state index >= 15 is 0 Å². The number of nitrogens with zero attached hydrogens (tertiary/aromatic N) is 1. The van der Waals surface area contributed by atoms with Crippen molar-refractivity contribution in [3.8, 4) is 11.5 Å². The monoisotopic (exact) mass is 283 g/mol. The molecule has 102 valence electrons. The second-order valence-electron chi connectivity index (χ2n) is 4.10. The summed E-state index contributed by atoms with van der Waals surface area (Å²) in [6.45, 7) is 0.301. The third-order valence-electron chi connectivity index (χ3n) is 2.92. The number of thioether (sulfide) groups is 1. The Morgan fingerprint density at radius 3 is 2.74 bits per heavy atom.